The number of hydrogen-bond donors (Lipinski definition) is 0. The molecule has 0 saturated heterocycles. The number of hydrogen-bond acceptors (Lipinski definition) is 3. The third-order valence-electron chi connectivity index (χ3n) is 3.99. The van der Waals surface area contributed by atoms with Crippen LogP contribution in [0.25, 0.3) is 0 Å². The lowest BCUT2D eigenvalue weighted by molar-refractivity contribution is -0.00956. The van der Waals surface area contributed by atoms with Gasteiger partial charge in [0.15, 0.2) is 0 Å². The number of sulfonamides is 1. The maximum atomic E-state index is 13.3. The highest BCUT2D eigenvalue weighted by molar-refractivity contribution is 7.89. The summed E-state index contributed by atoms with van der Waals surface area (Å²) in [6.07, 6.45) is 3.25. The van der Waals surface area contributed by atoms with Crippen molar-refractivity contribution in [2.75, 3.05) is 6.61 Å². The Balaban J connectivity index is 2.46. The van der Waals surface area contributed by atoms with Crippen LogP contribution in [0.3, 0.4) is 0 Å². The molecule has 24 heavy (non-hydrogen) atoms. The van der Waals surface area contributed by atoms with E-state index in [4.69, 9.17) is 4.74 Å². The van der Waals surface area contributed by atoms with E-state index in [0.29, 0.717) is 17.9 Å². The minimum atomic E-state index is -3.61. The molecule has 1 aliphatic rings. The molecular formula is C18H29NO3SSi. The van der Waals surface area contributed by atoms with Crippen LogP contribution < -0.4 is 0 Å². The van der Waals surface area contributed by atoms with E-state index < -0.39 is 24.3 Å². The fourth-order valence-electron chi connectivity index (χ4n) is 2.95. The van der Waals surface area contributed by atoms with E-state index in [1.807, 2.05) is 26.0 Å². The molecule has 0 spiro atoms. The van der Waals surface area contributed by atoms with Crippen LogP contribution in [-0.4, -0.2) is 33.6 Å². The van der Waals surface area contributed by atoms with Crippen LogP contribution in [0.4, 0.5) is 0 Å². The van der Waals surface area contributed by atoms with Crippen molar-refractivity contribution in [2.24, 2.45) is 0 Å². The minimum Gasteiger partial charge on any atom is -0.358 e. The smallest absolute Gasteiger partial charge is 0.266 e. The molecule has 1 unspecified atom stereocenters. The molecule has 134 valence electrons. The highest BCUT2D eigenvalue weighted by Gasteiger charge is 2.37. The molecule has 1 aromatic rings. The van der Waals surface area contributed by atoms with Gasteiger partial charge in [0.05, 0.1) is 13.0 Å². The first-order chi connectivity index (χ1) is 11.1. The van der Waals surface area contributed by atoms with Gasteiger partial charge in [0.1, 0.15) is 6.23 Å². The molecule has 0 bridgehead atoms. The quantitative estimate of drug-likeness (QED) is 0.702. The number of nitrogens with zero attached hydrogens (tertiary/aromatic N) is 1. The summed E-state index contributed by atoms with van der Waals surface area (Å²) in [5.74, 6) is 0. The first-order valence-corrected chi connectivity index (χ1v) is 13.7. The van der Waals surface area contributed by atoms with Crippen LogP contribution in [-0.2, 0) is 14.8 Å². The molecule has 1 aliphatic heterocycles. The third kappa shape index (κ3) is 4.49. The first kappa shape index (κ1) is 19.2. The monoisotopic (exact) mass is 367 g/mol. The fourth-order valence-corrected chi connectivity index (χ4v) is 6.10. The zero-order chi connectivity index (χ0) is 18.0. The SMILES string of the molecule is CCOC1CCC=C(C[Si](C)(C)C)N1S(=O)(=O)c1ccc(C)cc1. The molecule has 0 amide bonds. The molecule has 0 aromatic heterocycles. The van der Waals surface area contributed by atoms with Crippen LogP contribution in [0, 0.1) is 6.92 Å². The third-order valence-corrected chi connectivity index (χ3v) is 7.26. The molecule has 0 N–H and O–H groups in total. The van der Waals surface area contributed by atoms with Crippen molar-refractivity contribution in [2.45, 2.75) is 63.5 Å². The fraction of sp³-hybridized carbons (Fsp3) is 0.556. The second-order valence-electron chi connectivity index (χ2n) is 7.53. The molecule has 0 fully saturated rings. The Morgan fingerprint density at radius 1 is 1.21 bits per heavy atom. The van der Waals surface area contributed by atoms with Crippen LogP contribution >= 0.6 is 0 Å². The Labute approximate surface area is 147 Å². The lowest BCUT2D eigenvalue weighted by Crippen LogP contribution is -2.44. The Hall–Kier alpha value is -1.11. The summed E-state index contributed by atoms with van der Waals surface area (Å²) >= 11 is 0. The van der Waals surface area contributed by atoms with Gasteiger partial charge < -0.3 is 4.74 Å². The number of allylic oxidation sites excluding steroid dienone is 2. The van der Waals surface area contributed by atoms with Gasteiger partial charge in [-0.2, -0.15) is 0 Å². The van der Waals surface area contributed by atoms with Gasteiger partial charge in [0.2, 0.25) is 0 Å². The van der Waals surface area contributed by atoms with E-state index in [0.717, 1.165) is 23.7 Å². The summed E-state index contributed by atoms with van der Waals surface area (Å²) in [5, 5.41) is 0. The summed E-state index contributed by atoms with van der Waals surface area (Å²) in [5.41, 5.74) is 1.95. The van der Waals surface area contributed by atoms with Crippen molar-refractivity contribution in [3.63, 3.8) is 0 Å². The molecule has 1 aromatic carbocycles. The number of aryl methyl sites for hydroxylation is 1. The second-order valence-corrected chi connectivity index (χ2v) is 14.8. The van der Waals surface area contributed by atoms with Crippen molar-refractivity contribution in [1.29, 1.82) is 0 Å². The minimum absolute atomic E-state index is 0.334. The summed E-state index contributed by atoms with van der Waals surface area (Å²) in [6.45, 7) is 11.1. The van der Waals surface area contributed by atoms with E-state index in [1.54, 1.807) is 16.4 Å². The van der Waals surface area contributed by atoms with Crippen molar-refractivity contribution in [1.82, 2.24) is 4.31 Å². The molecule has 1 heterocycles. The molecule has 4 nitrogen and oxygen atoms in total. The second kappa shape index (κ2) is 7.41. The molecule has 6 heteroatoms. The Morgan fingerprint density at radius 3 is 2.38 bits per heavy atom. The molecule has 0 aliphatic carbocycles. The first-order valence-electron chi connectivity index (χ1n) is 8.57. The van der Waals surface area contributed by atoms with Gasteiger partial charge in [-0.25, -0.2) is 12.7 Å². The van der Waals surface area contributed by atoms with Crippen molar-refractivity contribution in [3.05, 3.63) is 41.6 Å². The predicted octanol–water partition coefficient (Wildman–Crippen LogP) is 4.36. The van der Waals surface area contributed by atoms with Crippen molar-refractivity contribution >= 4 is 18.1 Å². The number of ether oxygens (including phenoxy) is 1. The summed E-state index contributed by atoms with van der Waals surface area (Å²) in [7, 11) is -5.07. The Kier molecular flexibility index (Phi) is 5.94. The molecule has 0 radical (unpaired) electrons. The van der Waals surface area contributed by atoms with Crippen molar-refractivity contribution < 1.29 is 13.2 Å². The molecule has 0 saturated carbocycles. The van der Waals surface area contributed by atoms with Gasteiger partial charge in [-0.15, -0.1) is 0 Å². The highest BCUT2D eigenvalue weighted by atomic mass is 32.2. The Morgan fingerprint density at radius 2 is 1.83 bits per heavy atom. The average molecular weight is 368 g/mol. The van der Waals surface area contributed by atoms with E-state index in [2.05, 4.69) is 25.7 Å². The lowest BCUT2D eigenvalue weighted by Gasteiger charge is -2.38. The van der Waals surface area contributed by atoms with Gasteiger partial charge in [0.25, 0.3) is 10.0 Å². The number of rotatable bonds is 6. The van der Waals surface area contributed by atoms with E-state index >= 15 is 0 Å². The van der Waals surface area contributed by atoms with Crippen LogP contribution in [0.1, 0.15) is 25.3 Å². The standard InChI is InChI=1S/C18H29NO3SSi/c1-6-22-18-9-7-8-16(14-24(3,4)5)19(18)23(20,21)17-12-10-15(2)11-13-17/h8,10-13,18H,6-7,9,14H2,1-5H3. The Bertz CT molecular complexity index is 690. The predicted molar refractivity (Wildman–Crippen MR) is 101 cm³/mol. The van der Waals surface area contributed by atoms with Gasteiger partial charge in [0, 0.05) is 12.3 Å². The summed E-state index contributed by atoms with van der Waals surface area (Å²) < 4.78 is 33.9. The van der Waals surface area contributed by atoms with Gasteiger partial charge in [-0.1, -0.05) is 43.4 Å². The molecule has 1 atom stereocenters. The summed E-state index contributed by atoms with van der Waals surface area (Å²) in [4.78, 5) is 0.334. The van der Waals surface area contributed by atoms with E-state index in [9.17, 15) is 8.42 Å². The van der Waals surface area contributed by atoms with Gasteiger partial charge >= 0.3 is 0 Å². The van der Waals surface area contributed by atoms with Crippen LogP contribution in [0.15, 0.2) is 40.9 Å². The normalized spacial score (nSPS) is 19.3. The topological polar surface area (TPSA) is 46.6 Å². The van der Waals surface area contributed by atoms with Crippen LogP contribution in [0.2, 0.25) is 25.7 Å². The highest BCUT2D eigenvalue weighted by Crippen LogP contribution is 2.34. The largest absolute Gasteiger partial charge is 0.358 e. The average Bonchev–Trinajstić information content (AvgIpc) is 2.46. The molecular weight excluding hydrogens is 338 g/mol. The maximum Gasteiger partial charge on any atom is 0.266 e. The number of benzene rings is 1. The van der Waals surface area contributed by atoms with E-state index in [-0.39, 0.29) is 0 Å². The summed E-state index contributed by atoms with van der Waals surface area (Å²) in [6, 6.07) is 7.90. The van der Waals surface area contributed by atoms with Crippen LogP contribution in [0.5, 0.6) is 0 Å². The van der Waals surface area contributed by atoms with Gasteiger partial charge in [-0.3, -0.25) is 0 Å². The lowest BCUT2D eigenvalue weighted by atomic mass is 10.2. The van der Waals surface area contributed by atoms with E-state index in [1.165, 1.54) is 0 Å². The zero-order valence-corrected chi connectivity index (χ0v) is 17.2. The van der Waals surface area contributed by atoms with Gasteiger partial charge in [-0.05, 0) is 44.9 Å². The molecule has 2 rings (SSSR count). The maximum absolute atomic E-state index is 13.3. The van der Waals surface area contributed by atoms with Crippen molar-refractivity contribution in [3.8, 4) is 0 Å². The zero-order valence-electron chi connectivity index (χ0n) is 15.4.